The Labute approximate surface area is 145 Å². The molecule has 1 aliphatic carbocycles. The van der Waals surface area contributed by atoms with Crippen molar-refractivity contribution >= 4 is 9.84 Å². The fourth-order valence-electron chi connectivity index (χ4n) is 4.95. The number of sulfone groups is 1. The van der Waals surface area contributed by atoms with Crippen molar-refractivity contribution in [1.29, 1.82) is 0 Å². The Morgan fingerprint density at radius 2 is 1.92 bits per heavy atom. The van der Waals surface area contributed by atoms with E-state index in [4.69, 9.17) is 0 Å². The number of hydrogen-bond acceptors (Lipinski definition) is 4. The molecular formula is C19H28N2O2S. The van der Waals surface area contributed by atoms with E-state index < -0.39 is 9.84 Å². The second-order valence-corrected chi connectivity index (χ2v) is 10.2. The summed E-state index contributed by atoms with van der Waals surface area (Å²) in [5.41, 5.74) is 1.39. The van der Waals surface area contributed by atoms with Crippen molar-refractivity contribution in [2.24, 2.45) is 11.8 Å². The summed E-state index contributed by atoms with van der Waals surface area (Å²) in [5.74, 6) is 1.87. The highest BCUT2D eigenvalue weighted by molar-refractivity contribution is 7.92. The van der Waals surface area contributed by atoms with Crippen LogP contribution in [0.2, 0.25) is 0 Å². The summed E-state index contributed by atoms with van der Waals surface area (Å²) in [5, 5.41) is 3.49. The molecule has 1 aromatic carbocycles. The molecule has 3 fully saturated rings. The van der Waals surface area contributed by atoms with Gasteiger partial charge < -0.3 is 5.32 Å². The molecule has 5 heteroatoms. The lowest BCUT2D eigenvalue weighted by molar-refractivity contribution is 0.289. The lowest BCUT2D eigenvalue weighted by Gasteiger charge is -2.23. The average molecular weight is 349 g/mol. The molecule has 0 aromatic heterocycles. The summed E-state index contributed by atoms with van der Waals surface area (Å²) >= 11 is 0. The summed E-state index contributed by atoms with van der Waals surface area (Å²) in [4.78, 5) is 2.57. The molecular weight excluding hydrogens is 320 g/mol. The molecule has 0 bridgehead atoms. The lowest BCUT2D eigenvalue weighted by Crippen LogP contribution is -2.41. The second kappa shape index (κ2) is 6.77. The van der Waals surface area contributed by atoms with E-state index in [0.717, 1.165) is 31.8 Å². The first-order valence-corrected chi connectivity index (χ1v) is 11.0. The van der Waals surface area contributed by atoms with Crippen LogP contribution in [0, 0.1) is 11.8 Å². The zero-order chi connectivity index (χ0) is 16.6. The Hall–Kier alpha value is -0.910. The number of nitrogens with one attached hydrogen (secondary N) is 1. The molecule has 24 heavy (non-hydrogen) atoms. The molecule has 2 heterocycles. The normalized spacial score (nSPS) is 35.3. The van der Waals surface area contributed by atoms with Crippen molar-refractivity contribution in [2.75, 3.05) is 25.4 Å². The third kappa shape index (κ3) is 3.39. The van der Waals surface area contributed by atoms with E-state index in [2.05, 4.69) is 40.5 Å². The molecule has 132 valence electrons. The van der Waals surface area contributed by atoms with E-state index in [1.54, 1.807) is 0 Å². The highest BCUT2D eigenvalue weighted by atomic mass is 32.2. The molecule has 0 spiro atoms. The zero-order valence-electron chi connectivity index (χ0n) is 14.2. The van der Waals surface area contributed by atoms with Gasteiger partial charge in [0.2, 0.25) is 0 Å². The van der Waals surface area contributed by atoms with E-state index in [1.807, 2.05) is 0 Å². The van der Waals surface area contributed by atoms with Crippen LogP contribution in [0.5, 0.6) is 0 Å². The summed E-state index contributed by atoms with van der Waals surface area (Å²) in [6.07, 6.45) is 4.18. The Kier molecular flexibility index (Phi) is 4.67. The molecule has 1 N–H and O–H groups in total. The molecule has 2 saturated heterocycles. The predicted octanol–water partition coefficient (Wildman–Crippen LogP) is 2.06. The van der Waals surface area contributed by atoms with Gasteiger partial charge in [-0.05, 0) is 43.1 Å². The summed E-state index contributed by atoms with van der Waals surface area (Å²) in [6, 6.07) is 11.2. The van der Waals surface area contributed by atoms with Crippen LogP contribution in [0.25, 0.3) is 0 Å². The van der Waals surface area contributed by atoms with Gasteiger partial charge in [0.25, 0.3) is 0 Å². The van der Waals surface area contributed by atoms with E-state index >= 15 is 0 Å². The predicted molar refractivity (Wildman–Crippen MR) is 96.5 cm³/mol. The molecule has 1 saturated carbocycles. The number of likely N-dealkylation sites (tertiary alicyclic amines) is 1. The minimum absolute atomic E-state index is 0.140. The maximum Gasteiger partial charge on any atom is 0.154 e. The van der Waals surface area contributed by atoms with Gasteiger partial charge in [-0.25, -0.2) is 8.42 Å². The van der Waals surface area contributed by atoms with E-state index in [-0.39, 0.29) is 5.25 Å². The van der Waals surface area contributed by atoms with Crippen LogP contribution in [0.4, 0.5) is 0 Å². The molecule has 4 nitrogen and oxygen atoms in total. The minimum atomic E-state index is -2.83. The standard InChI is InChI=1S/C19H28N2O2S/c22-24(23)10-4-7-17(24)11-20-19-9-8-16-13-21(14-18(16)19)12-15-5-2-1-3-6-15/h1-3,5-6,16-20H,4,7-14H2/t16-,17-,18+,19-/m1/s1. The van der Waals surface area contributed by atoms with Gasteiger partial charge in [-0.1, -0.05) is 30.3 Å². The lowest BCUT2D eigenvalue weighted by atomic mass is 9.98. The number of rotatable bonds is 5. The minimum Gasteiger partial charge on any atom is -0.312 e. The van der Waals surface area contributed by atoms with Crippen LogP contribution < -0.4 is 5.32 Å². The van der Waals surface area contributed by atoms with E-state index in [9.17, 15) is 8.42 Å². The number of nitrogens with zero attached hydrogens (tertiary/aromatic N) is 1. The van der Waals surface area contributed by atoms with Crippen LogP contribution in [0.3, 0.4) is 0 Å². The fourth-order valence-corrected chi connectivity index (χ4v) is 6.73. The van der Waals surface area contributed by atoms with Crippen molar-refractivity contribution in [3.05, 3.63) is 35.9 Å². The third-order valence-electron chi connectivity index (χ3n) is 6.25. The quantitative estimate of drug-likeness (QED) is 0.885. The summed E-state index contributed by atoms with van der Waals surface area (Å²) in [7, 11) is -2.83. The topological polar surface area (TPSA) is 49.4 Å². The van der Waals surface area contributed by atoms with Gasteiger partial charge >= 0.3 is 0 Å². The van der Waals surface area contributed by atoms with Crippen LogP contribution in [0.1, 0.15) is 31.2 Å². The van der Waals surface area contributed by atoms with E-state index in [1.165, 1.54) is 24.9 Å². The number of benzene rings is 1. The Bertz CT molecular complexity index is 661. The molecule has 0 amide bonds. The first-order valence-electron chi connectivity index (χ1n) is 9.33. The van der Waals surface area contributed by atoms with Crippen LogP contribution in [0.15, 0.2) is 30.3 Å². The van der Waals surface area contributed by atoms with Crippen molar-refractivity contribution < 1.29 is 8.42 Å². The summed E-state index contributed by atoms with van der Waals surface area (Å²) in [6.45, 7) is 4.04. The van der Waals surface area contributed by atoms with Gasteiger partial charge in [-0.3, -0.25) is 4.90 Å². The molecule has 0 radical (unpaired) electrons. The van der Waals surface area contributed by atoms with Gasteiger partial charge in [-0.15, -0.1) is 0 Å². The smallest absolute Gasteiger partial charge is 0.154 e. The molecule has 4 rings (SSSR count). The zero-order valence-corrected chi connectivity index (χ0v) is 15.0. The van der Waals surface area contributed by atoms with Crippen LogP contribution >= 0.6 is 0 Å². The number of fused-ring (bicyclic) bond motifs is 1. The van der Waals surface area contributed by atoms with Crippen molar-refractivity contribution in [2.45, 2.75) is 43.5 Å². The molecule has 2 aliphatic heterocycles. The number of hydrogen-bond donors (Lipinski definition) is 1. The van der Waals surface area contributed by atoms with Gasteiger partial charge in [0.05, 0.1) is 11.0 Å². The molecule has 3 aliphatic rings. The molecule has 0 unspecified atom stereocenters. The fraction of sp³-hybridized carbons (Fsp3) is 0.684. The maximum atomic E-state index is 12.0. The molecule has 4 atom stereocenters. The Morgan fingerprint density at radius 1 is 1.08 bits per heavy atom. The highest BCUT2D eigenvalue weighted by Gasteiger charge is 2.43. The maximum absolute atomic E-state index is 12.0. The first kappa shape index (κ1) is 16.6. The summed E-state index contributed by atoms with van der Waals surface area (Å²) < 4.78 is 24.0. The van der Waals surface area contributed by atoms with E-state index in [0.29, 0.717) is 24.3 Å². The largest absolute Gasteiger partial charge is 0.312 e. The van der Waals surface area contributed by atoms with Gasteiger partial charge in [0.1, 0.15) is 0 Å². The average Bonchev–Trinajstić information content (AvgIpc) is 3.21. The van der Waals surface area contributed by atoms with Crippen molar-refractivity contribution in [3.8, 4) is 0 Å². The highest BCUT2D eigenvalue weighted by Crippen LogP contribution is 2.38. The molecule has 1 aromatic rings. The van der Waals surface area contributed by atoms with Crippen molar-refractivity contribution in [3.63, 3.8) is 0 Å². The third-order valence-corrected chi connectivity index (χ3v) is 8.53. The van der Waals surface area contributed by atoms with Gasteiger partial charge in [-0.2, -0.15) is 0 Å². The van der Waals surface area contributed by atoms with Crippen LogP contribution in [-0.2, 0) is 16.4 Å². The second-order valence-electron chi connectivity index (χ2n) is 7.83. The Morgan fingerprint density at radius 3 is 2.67 bits per heavy atom. The van der Waals surface area contributed by atoms with Gasteiger partial charge in [0, 0.05) is 32.2 Å². The van der Waals surface area contributed by atoms with Gasteiger partial charge in [0.15, 0.2) is 9.84 Å². The Balaban J connectivity index is 1.31. The monoisotopic (exact) mass is 348 g/mol. The first-order chi connectivity index (χ1) is 11.6. The van der Waals surface area contributed by atoms with Crippen molar-refractivity contribution in [1.82, 2.24) is 10.2 Å². The SMILES string of the molecule is O=S1(=O)CCC[C@@H]1CN[C@@H]1CC[C@@H]2CN(Cc3ccccc3)C[C@@H]21. The van der Waals surface area contributed by atoms with Crippen LogP contribution in [-0.4, -0.2) is 50.0 Å².